The highest BCUT2D eigenvalue weighted by Gasteiger charge is 2.26. The number of nitriles is 1. The van der Waals surface area contributed by atoms with Crippen LogP contribution >= 0.6 is 0 Å². The number of aromatic nitrogens is 1. The number of hydrogen-bond acceptors (Lipinski definition) is 4. The van der Waals surface area contributed by atoms with E-state index in [1.165, 1.54) is 0 Å². The molecule has 2 rings (SSSR count). The van der Waals surface area contributed by atoms with Gasteiger partial charge in [-0.1, -0.05) is 0 Å². The lowest BCUT2D eigenvalue weighted by molar-refractivity contribution is 0.365. The van der Waals surface area contributed by atoms with E-state index >= 15 is 0 Å². The van der Waals surface area contributed by atoms with E-state index in [1.807, 2.05) is 0 Å². The molecule has 1 aromatic rings. The summed E-state index contributed by atoms with van der Waals surface area (Å²) in [7, 11) is 0. The molecular weight excluding hydrogens is 200 g/mol. The van der Waals surface area contributed by atoms with Gasteiger partial charge in [0, 0.05) is 11.7 Å². The first-order valence-electron chi connectivity index (χ1n) is 5.56. The molecule has 0 aromatic carbocycles. The van der Waals surface area contributed by atoms with Gasteiger partial charge in [-0.3, -0.25) is 4.98 Å². The zero-order valence-electron chi connectivity index (χ0n) is 9.45. The number of pyridine rings is 1. The van der Waals surface area contributed by atoms with E-state index in [-0.39, 0.29) is 5.54 Å². The van der Waals surface area contributed by atoms with Crippen LogP contribution in [0.2, 0.25) is 0 Å². The smallest absolute Gasteiger partial charge is 0.101 e. The summed E-state index contributed by atoms with van der Waals surface area (Å²) >= 11 is 0. The molecule has 0 bridgehead atoms. The highest BCUT2D eigenvalue weighted by atomic mass is 15.0. The Morgan fingerprint density at radius 3 is 2.94 bits per heavy atom. The summed E-state index contributed by atoms with van der Waals surface area (Å²) in [5.74, 6) is 0. The van der Waals surface area contributed by atoms with Gasteiger partial charge in [0.05, 0.1) is 17.4 Å². The third-order valence-corrected chi connectivity index (χ3v) is 3.09. The molecule has 0 amide bonds. The minimum Gasteiger partial charge on any atom is -0.377 e. The van der Waals surface area contributed by atoms with Gasteiger partial charge in [-0.15, -0.1) is 0 Å². The van der Waals surface area contributed by atoms with Crippen LogP contribution in [-0.4, -0.2) is 23.6 Å². The summed E-state index contributed by atoms with van der Waals surface area (Å²) in [6.45, 7) is 4.24. The van der Waals surface area contributed by atoms with Crippen molar-refractivity contribution in [1.29, 1.82) is 5.26 Å². The topological polar surface area (TPSA) is 60.7 Å². The summed E-state index contributed by atoms with van der Waals surface area (Å²) in [4.78, 5) is 4.06. The predicted molar refractivity (Wildman–Crippen MR) is 63.1 cm³/mol. The Morgan fingerprint density at radius 2 is 2.25 bits per heavy atom. The van der Waals surface area contributed by atoms with Crippen molar-refractivity contribution in [3.05, 3.63) is 24.0 Å². The van der Waals surface area contributed by atoms with Gasteiger partial charge >= 0.3 is 0 Å². The third kappa shape index (κ3) is 2.31. The maximum atomic E-state index is 9.00. The van der Waals surface area contributed by atoms with Crippen molar-refractivity contribution < 1.29 is 0 Å². The number of nitrogens with zero attached hydrogens (tertiary/aromatic N) is 2. The van der Waals surface area contributed by atoms with Crippen LogP contribution in [-0.2, 0) is 0 Å². The van der Waals surface area contributed by atoms with Crippen molar-refractivity contribution in [3.8, 4) is 6.07 Å². The molecule has 0 unspecified atom stereocenters. The van der Waals surface area contributed by atoms with Gasteiger partial charge in [0.1, 0.15) is 6.07 Å². The maximum absolute atomic E-state index is 9.00. The first-order chi connectivity index (χ1) is 7.73. The number of hydrogen-bond donors (Lipinski definition) is 2. The molecule has 1 aromatic heterocycles. The lowest BCUT2D eigenvalue weighted by Gasteiger charge is -2.36. The van der Waals surface area contributed by atoms with Crippen molar-refractivity contribution in [1.82, 2.24) is 10.3 Å². The van der Waals surface area contributed by atoms with E-state index in [9.17, 15) is 0 Å². The molecule has 1 aliphatic heterocycles. The van der Waals surface area contributed by atoms with Gasteiger partial charge in [0.15, 0.2) is 0 Å². The van der Waals surface area contributed by atoms with Crippen molar-refractivity contribution in [3.63, 3.8) is 0 Å². The van der Waals surface area contributed by atoms with Crippen LogP contribution in [0.5, 0.6) is 0 Å². The zero-order chi connectivity index (χ0) is 11.4. The fraction of sp³-hybridized carbons (Fsp3) is 0.500. The van der Waals surface area contributed by atoms with E-state index in [2.05, 4.69) is 28.6 Å². The van der Waals surface area contributed by atoms with Gasteiger partial charge in [-0.2, -0.15) is 5.26 Å². The van der Waals surface area contributed by atoms with Crippen LogP contribution in [0.25, 0.3) is 0 Å². The maximum Gasteiger partial charge on any atom is 0.101 e. The molecule has 1 aliphatic rings. The number of anilines is 1. The normalized spacial score (nSPS) is 18.8. The summed E-state index contributed by atoms with van der Waals surface area (Å²) < 4.78 is 0. The lowest BCUT2D eigenvalue weighted by Crippen LogP contribution is -2.45. The second kappa shape index (κ2) is 4.50. The number of rotatable bonds is 2. The average Bonchev–Trinajstić information content (AvgIpc) is 2.30. The van der Waals surface area contributed by atoms with Crippen LogP contribution in [0.3, 0.4) is 0 Å². The predicted octanol–water partition coefficient (Wildman–Crippen LogP) is 1.51. The fourth-order valence-corrected chi connectivity index (χ4v) is 2.02. The molecule has 1 saturated heterocycles. The molecule has 4 heteroatoms. The quantitative estimate of drug-likeness (QED) is 0.786. The van der Waals surface area contributed by atoms with Crippen LogP contribution in [0, 0.1) is 11.3 Å². The first kappa shape index (κ1) is 10.9. The molecule has 2 N–H and O–H groups in total. The third-order valence-electron chi connectivity index (χ3n) is 3.09. The molecule has 0 saturated carbocycles. The van der Waals surface area contributed by atoms with E-state index in [4.69, 9.17) is 5.26 Å². The van der Waals surface area contributed by atoms with Crippen LogP contribution < -0.4 is 10.6 Å². The van der Waals surface area contributed by atoms with Crippen molar-refractivity contribution in [2.45, 2.75) is 25.3 Å². The number of piperidine rings is 1. The minimum atomic E-state index is 0.0693. The van der Waals surface area contributed by atoms with Crippen molar-refractivity contribution in [2.75, 3.05) is 18.4 Å². The van der Waals surface area contributed by atoms with Gasteiger partial charge < -0.3 is 10.6 Å². The van der Waals surface area contributed by atoms with Gasteiger partial charge in [-0.25, -0.2) is 0 Å². The Balaban J connectivity index is 2.16. The van der Waals surface area contributed by atoms with Crippen LogP contribution in [0.1, 0.15) is 25.3 Å². The molecule has 0 radical (unpaired) electrons. The molecule has 0 aliphatic carbocycles. The Labute approximate surface area is 95.7 Å². The van der Waals surface area contributed by atoms with Gasteiger partial charge in [-0.05, 0) is 38.9 Å². The fourth-order valence-electron chi connectivity index (χ4n) is 2.02. The number of nitrogens with one attached hydrogen (secondary N) is 2. The van der Waals surface area contributed by atoms with Gasteiger partial charge in [0.25, 0.3) is 0 Å². The van der Waals surface area contributed by atoms with E-state index < -0.39 is 0 Å². The summed E-state index contributed by atoms with van der Waals surface area (Å²) in [5, 5.41) is 15.8. The monoisotopic (exact) mass is 216 g/mol. The molecule has 0 spiro atoms. The first-order valence-corrected chi connectivity index (χ1v) is 5.56. The van der Waals surface area contributed by atoms with E-state index in [0.29, 0.717) is 5.56 Å². The Hall–Kier alpha value is -1.60. The standard InChI is InChI=1S/C12H16N4/c1-12(3-6-14-7-4-12)16-11-9-15-5-2-10(11)8-13/h2,5,9,14,16H,3-4,6-7H2,1H3. The average molecular weight is 216 g/mol. The summed E-state index contributed by atoms with van der Waals surface area (Å²) in [6, 6.07) is 3.93. The highest BCUT2D eigenvalue weighted by Crippen LogP contribution is 2.25. The largest absolute Gasteiger partial charge is 0.377 e. The molecule has 84 valence electrons. The van der Waals surface area contributed by atoms with Crippen LogP contribution in [0.15, 0.2) is 18.5 Å². The molecule has 4 nitrogen and oxygen atoms in total. The zero-order valence-corrected chi connectivity index (χ0v) is 9.45. The Kier molecular flexibility index (Phi) is 3.07. The Bertz CT molecular complexity index is 402. The molecule has 1 fully saturated rings. The Morgan fingerprint density at radius 1 is 1.50 bits per heavy atom. The SMILES string of the molecule is CC1(Nc2cnccc2C#N)CCNCC1. The minimum absolute atomic E-state index is 0.0693. The molecule has 2 heterocycles. The molecular formula is C12H16N4. The second-order valence-electron chi connectivity index (χ2n) is 4.47. The second-order valence-corrected chi connectivity index (χ2v) is 4.47. The van der Waals surface area contributed by atoms with Crippen molar-refractivity contribution in [2.24, 2.45) is 0 Å². The molecule has 16 heavy (non-hydrogen) atoms. The van der Waals surface area contributed by atoms with E-state index in [1.54, 1.807) is 18.5 Å². The lowest BCUT2D eigenvalue weighted by atomic mass is 9.90. The molecule has 0 atom stereocenters. The van der Waals surface area contributed by atoms with Crippen molar-refractivity contribution >= 4 is 5.69 Å². The highest BCUT2D eigenvalue weighted by molar-refractivity contribution is 5.56. The summed E-state index contributed by atoms with van der Waals surface area (Å²) in [5.41, 5.74) is 1.57. The van der Waals surface area contributed by atoms with Gasteiger partial charge in [0.2, 0.25) is 0 Å². The summed E-state index contributed by atoms with van der Waals surface area (Å²) in [6.07, 6.45) is 5.50. The van der Waals surface area contributed by atoms with Crippen LogP contribution in [0.4, 0.5) is 5.69 Å². The van der Waals surface area contributed by atoms with E-state index in [0.717, 1.165) is 31.6 Å².